The molecule has 0 fully saturated rings. The van der Waals surface area contributed by atoms with Gasteiger partial charge in [0.1, 0.15) is 4.88 Å². The van der Waals surface area contributed by atoms with Crippen LogP contribution in [-0.4, -0.2) is 17.6 Å². The van der Waals surface area contributed by atoms with Crippen LogP contribution >= 0.6 is 11.3 Å². The molecule has 2 aromatic heterocycles. The number of thiophene rings is 1. The molecule has 0 aliphatic rings. The van der Waals surface area contributed by atoms with Gasteiger partial charge in [0.15, 0.2) is 0 Å². The first-order valence-electron chi connectivity index (χ1n) is 4.97. The van der Waals surface area contributed by atoms with Crippen molar-refractivity contribution in [2.45, 2.75) is 6.92 Å². The SMILES string of the molecule is CCOC(=O)c1cc(-c2ccncc2)cs1. The Morgan fingerprint density at radius 3 is 2.81 bits per heavy atom. The maximum Gasteiger partial charge on any atom is 0.348 e. The van der Waals surface area contributed by atoms with Gasteiger partial charge in [0.25, 0.3) is 0 Å². The Labute approximate surface area is 97.7 Å². The Bertz CT molecular complexity index is 479. The first-order chi connectivity index (χ1) is 7.81. The summed E-state index contributed by atoms with van der Waals surface area (Å²) < 4.78 is 4.94. The summed E-state index contributed by atoms with van der Waals surface area (Å²) in [5.74, 6) is -0.257. The van der Waals surface area contributed by atoms with E-state index in [2.05, 4.69) is 4.98 Å². The number of carbonyl (C=O) groups is 1. The highest BCUT2D eigenvalue weighted by Gasteiger charge is 2.10. The maximum absolute atomic E-state index is 11.5. The van der Waals surface area contributed by atoms with Gasteiger partial charge in [-0.15, -0.1) is 11.3 Å². The van der Waals surface area contributed by atoms with E-state index in [0.29, 0.717) is 11.5 Å². The molecule has 0 spiro atoms. The Balaban J connectivity index is 2.23. The molecule has 0 bridgehead atoms. The summed E-state index contributed by atoms with van der Waals surface area (Å²) in [6.45, 7) is 2.20. The minimum absolute atomic E-state index is 0.257. The lowest BCUT2D eigenvalue weighted by molar-refractivity contribution is 0.0532. The van der Waals surface area contributed by atoms with E-state index in [1.165, 1.54) is 11.3 Å². The minimum atomic E-state index is -0.257. The lowest BCUT2D eigenvalue weighted by atomic mass is 10.1. The average Bonchev–Trinajstić information content (AvgIpc) is 2.80. The summed E-state index contributed by atoms with van der Waals surface area (Å²) in [6, 6.07) is 5.67. The lowest BCUT2D eigenvalue weighted by Crippen LogP contribution is -2.01. The monoisotopic (exact) mass is 233 g/mol. The van der Waals surface area contributed by atoms with E-state index in [9.17, 15) is 4.79 Å². The largest absolute Gasteiger partial charge is 0.462 e. The standard InChI is InChI=1S/C12H11NO2S/c1-2-15-12(14)11-7-10(8-16-11)9-3-5-13-6-4-9/h3-8H,2H2,1H3. The van der Waals surface area contributed by atoms with Crippen LogP contribution in [0.2, 0.25) is 0 Å². The van der Waals surface area contributed by atoms with E-state index in [0.717, 1.165) is 11.1 Å². The number of pyridine rings is 1. The van der Waals surface area contributed by atoms with Gasteiger partial charge in [0.05, 0.1) is 6.61 Å². The van der Waals surface area contributed by atoms with E-state index in [1.54, 1.807) is 19.3 Å². The third-order valence-corrected chi connectivity index (χ3v) is 3.00. The number of esters is 1. The molecule has 0 saturated carbocycles. The normalized spacial score (nSPS) is 10.1. The smallest absolute Gasteiger partial charge is 0.348 e. The number of carbonyl (C=O) groups excluding carboxylic acids is 1. The third-order valence-electron chi connectivity index (χ3n) is 2.09. The molecule has 2 aromatic rings. The van der Waals surface area contributed by atoms with Crippen LogP contribution in [0.3, 0.4) is 0 Å². The number of ether oxygens (including phenoxy) is 1. The van der Waals surface area contributed by atoms with Gasteiger partial charge in [0, 0.05) is 12.4 Å². The number of hydrogen-bond donors (Lipinski definition) is 0. The Hall–Kier alpha value is -1.68. The van der Waals surface area contributed by atoms with Crippen LogP contribution in [0.4, 0.5) is 0 Å². The van der Waals surface area contributed by atoms with Crippen molar-refractivity contribution in [3.05, 3.63) is 40.8 Å². The third kappa shape index (κ3) is 2.28. The molecular formula is C12H11NO2S. The summed E-state index contributed by atoms with van der Waals surface area (Å²) in [6.07, 6.45) is 3.47. The van der Waals surface area contributed by atoms with Gasteiger partial charge in [0.2, 0.25) is 0 Å². The molecule has 0 aliphatic carbocycles. The summed E-state index contributed by atoms with van der Waals surface area (Å²) in [7, 11) is 0. The molecule has 0 saturated heterocycles. The van der Waals surface area contributed by atoms with Crippen molar-refractivity contribution in [1.29, 1.82) is 0 Å². The van der Waals surface area contributed by atoms with E-state index in [-0.39, 0.29) is 5.97 Å². The molecule has 0 aromatic carbocycles. The van der Waals surface area contributed by atoms with E-state index < -0.39 is 0 Å². The van der Waals surface area contributed by atoms with Crippen molar-refractivity contribution < 1.29 is 9.53 Å². The summed E-state index contributed by atoms with van der Waals surface area (Å²) >= 11 is 1.40. The first-order valence-corrected chi connectivity index (χ1v) is 5.85. The highest BCUT2D eigenvalue weighted by Crippen LogP contribution is 2.25. The quantitative estimate of drug-likeness (QED) is 0.765. The molecule has 0 aliphatic heterocycles. The van der Waals surface area contributed by atoms with Crippen molar-refractivity contribution in [1.82, 2.24) is 4.98 Å². The van der Waals surface area contributed by atoms with E-state index in [1.807, 2.05) is 23.6 Å². The van der Waals surface area contributed by atoms with Crippen LogP contribution in [0, 0.1) is 0 Å². The fourth-order valence-corrected chi connectivity index (χ4v) is 2.15. The summed E-state index contributed by atoms with van der Waals surface area (Å²) in [4.78, 5) is 16.1. The Morgan fingerprint density at radius 1 is 1.38 bits per heavy atom. The van der Waals surface area contributed by atoms with E-state index >= 15 is 0 Å². The Morgan fingerprint density at radius 2 is 2.12 bits per heavy atom. The van der Waals surface area contributed by atoms with Gasteiger partial charge >= 0.3 is 5.97 Å². The Kier molecular flexibility index (Phi) is 3.31. The van der Waals surface area contributed by atoms with Gasteiger partial charge in [-0.1, -0.05) is 0 Å². The molecule has 0 amide bonds. The average molecular weight is 233 g/mol. The highest BCUT2D eigenvalue weighted by molar-refractivity contribution is 7.12. The summed E-state index contributed by atoms with van der Waals surface area (Å²) in [5.41, 5.74) is 2.08. The fourth-order valence-electron chi connectivity index (χ4n) is 1.34. The second-order valence-electron chi connectivity index (χ2n) is 3.16. The van der Waals surface area contributed by atoms with Gasteiger partial charge in [-0.05, 0) is 41.6 Å². The zero-order chi connectivity index (χ0) is 11.4. The topological polar surface area (TPSA) is 39.2 Å². The molecule has 0 N–H and O–H groups in total. The molecule has 0 unspecified atom stereocenters. The predicted molar refractivity (Wildman–Crippen MR) is 63.5 cm³/mol. The fraction of sp³-hybridized carbons (Fsp3) is 0.167. The molecule has 3 nitrogen and oxygen atoms in total. The molecule has 4 heteroatoms. The molecule has 16 heavy (non-hydrogen) atoms. The van der Waals surface area contributed by atoms with Crippen LogP contribution in [0.25, 0.3) is 11.1 Å². The number of hydrogen-bond acceptors (Lipinski definition) is 4. The van der Waals surface area contributed by atoms with Crippen molar-refractivity contribution in [3.8, 4) is 11.1 Å². The molecule has 0 radical (unpaired) electrons. The zero-order valence-electron chi connectivity index (χ0n) is 8.84. The number of nitrogens with zero attached hydrogens (tertiary/aromatic N) is 1. The van der Waals surface area contributed by atoms with Crippen molar-refractivity contribution in [2.24, 2.45) is 0 Å². The molecule has 0 atom stereocenters. The first kappa shape index (κ1) is 10.8. The summed E-state index contributed by atoms with van der Waals surface area (Å²) in [5, 5.41) is 1.95. The van der Waals surface area contributed by atoms with Crippen LogP contribution in [0.15, 0.2) is 36.0 Å². The second kappa shape index (κ2) is 4.90. The maximum atomic E-state index is 11.5. The van der Waals surface area contributed by atoms with Gasteiger partial charge in [-0.25, -0.2) is 4.79 Å². The minimum Gasteiger partial charge on any atom is -0.462 e. The molecule has 2 heterocycles. The van der Waals surface area contributed by atoms with Gasteiger partial charge in [-0.3, -0.25) is 4.98 Å². The van der Waals surface area contributed by atoms with Crippen molar-refractivity contribution in [3.63, 3.8) is 0 Å². The molecule has 82 valence electrons. The van der Waals surface area contributed by atoms with Crippen molar-refractivity contribution in [2.75, 3.05) is 6.61 Å². The predicted octanol–water partition coefficient (Wildman–Crippen LogP) is 2.99. The second-order valence-corrected chi connectivity index (χ2v) is 4.07. The van der Waals surface area contributed by atoms with Crippen molar-refractivity contribution >= 4 is 17.3 Å². The zero-order valence-corrected chi connectivity index (χ0v) is 9.66. The van der Waals surface area contributed by atoms with Gasteiger partial charge in [-0.2, -0.15) is 0 Å². The van der Waals surface area contributed by atoms with Crippen LogP contribution in [0.1, 0.15) is 16.6 Å². The van der Waals surface area contributed by atoms with Crippen LogP contribution in [-0.2, 0) is 4.74 Å². The molecule has 2 rings (SSSR count). The number of rotatable bonds is 3. The van der Waals surface area contributed by atoms with Gasteiger partial charge < -0.3 is 4.74 Å². The van der Waals surface area contributed by atoms with E-state index in [4.69, 9.17) is 4.74 Å². The molecular weight excluding hydrogens is 222 g/mol. The highest BCUT2D eigenvalue weighted by atomic mass is 32.1. The van der Waals surface area contributed by atoms with Crippen LogP contribution in [0.5, 0.6) is 0 Å². The lowest BCUT2D eigenvalue weighted by Gasteiger charge is -1.97. The van der Waals surface area contributed by atoms with Crippen LogP contribution < -0.4 is 0 Å². The number of aromatic nitrogens is 1.